The van der Waals surface area contributed by atoms with E-state index in [2.05, 4.69) is 5.32 Å². The van der Waals surface area contributed by atoms with Crippen molar-refractivity contribution in [2.75, 3.05) is 13.1 Å². The molecule has 6 heteroatoms. The lowest BCUT2D eigenvalue weighted by Gasteiger charge is -2.23. The molecular formula is C19H24N2O4. The molecule has 1 aliphatic carbocycles. The van der Waals surface area contributed by atoms with Gasteiger partial charge in [-0.3, -0.25) is 9.59 Å². The van der Waals surface area contributed by atoms with Crippen molar-refractivity contribution >= 4 is 17.8 Å². The molecule has 25 heavy (non-hydrogen) atoms. The summed E-state index contributed by atoms with van der Waals surface area (Å²) >= 11 is 0. The number of carboxylic acids is 1. The molecule has 2 amide bonds. The summed E-state index contributed by atoms with van der Waals surface area (Å²) in [5.74, 6) is -1.20. The number of amides is 2. The molecule has 0 unspecified atom stereocenters. The molecule has 2 fully saturated rings. The van der Waals surface area contributed by atoms with E-state index >= 15 is 0 Å². The summed E-state index contributed by atoms with van der Waals surface area (Å²) in [6, 6.07) is 7.04. The summed E-state index contributed by atoms with van der Waals surface area (Å²) in [5, 5.41) is 11.9. The predicted octanol–water partition coefficient (Wildman–Crippen LogP) is 1.83. The van der Waals surface area contributed by atoms with Crippen LogP contribution in [0.25, 0.3) is 0 Å². The van der Waals surface area contributed by atoms with Crippen molar-refractivity contribution in [1.29, 1.82) is 0 Å². The van der Waals surface area contributed by atoms with Crippen LogP contribution in [0, 0.1) is 5.92 Å². The fourth-order valence-electron chi connectivity index (χ4n) is 3.81. The molecule has 134 valence electrons. The molecule has 0 radical (unpaired) electrons. The monoisotopic (exact) mass is 344 g/mol. The van der Waals surface area contributed by atoms with Gasteiger partial charge in [-0.25, -0.2) is 4.79 Å². The lowest BCUT2D eigenvalue weighted by Crippen LogP contribution is -2.37. The molecule has 2 N–H and O–H groups in total. The second-order valence-electron chi connectivity index (χ2n) is 6.93. The van der Waals surface area contributed by atoms with Crippen molar-refractivity contribution in [3.8, 4) is 0 Å². The Kier molecular flexibility index (Phi) is 5.36. The molecule has 1 atom stereocenters. The molecular weight excluding hydrogens is 320 g/mol. The van der Waals surface area contributed by atoms with Crippen LogP contribution in [0.2, 0.25) is 0 Å². The van der Waals surface area contributed by atoms with Crippen LogP contribution in [-0.4, -0.2) is 46.9 Å². The maximum absolute atomic E-state index is 12.3. The van der Waals surface area contributed by atoms with Crippen molar-refractivity contribution in [2.45, 2.75) is 44.6 Å². The Labute approximate surface area is 147 Å². The summed E-state index contributed by atoms with van der Waals surface area (Å²) in [7, 11) is 0. The van der Waals surface area contributed by atoms with E-state index in [1.165, 1.54) is 12.8 Å². The number of carboxylic acid groups (broad SMARTS) is 1. The molecule has 1 aromatic carbocycles. The van der Waals surface area contributed by atoms with Gasteiger partial charge < -0.3 is 15.3 Å². The first-order valence-corrected chi connectivity index (χ1v) is 8.94. The number of hydrogen-bond donors (Lipinski definition) is 2. The van der Waals surface area contributed by atoms with E-state index in [9.17, 15) is 14.4 Å². The highest BCUT2D eigenvalue weighted by Crippen LogP contribution is 2.29. The number of carbonyl (C=O) groups excluding carboxylic acids is 2. The Morgan fingerprint density at radius 3 is 2.72 bits per heavy atom. The van der Waals surface area contributed by atoms with Crippen molar-refractivity contribution in [3.63, 3.8) is 0 Å². The standard InChI is InChI=1S/C19H24N2O4/c22-17-11-15(12-21(17)16-6-1-2-7-16)18(23)20-9-8-13-4-3-5-14(10-13)19(24)25/h3-5,10,15-16H,1-2,6-9,11-12H2,(H,20,23)(H,24,25)/t15-/m0/s1. The fourth-order valence-corrected chi connectivity index (χ4v) is 3.81. The lowest BCUT2D eigenvalue weighted by molar-refractivity contribution is -0.130. The molecule has 0 spiro atoms. The van der Waals surface area contributed by atoms with E-state index in [1.807, 2.05) is 11.0 Å². The zero-order valence-electron chi connectivity index (χ0n) is 14.2. The minimum Gasteiger partial charge on any atom is -0.478 e. The molecule has 1 heterocycles. The Hall–Kier alpha value is -2.37. The zero-order valence-corrected chi connectivity index (χ0v) is 14.2. The van der Waals surface area contributed by atoms with Crippen LogP contribution in [-0.2, 0) is 16.0 Å². The largest absolute Gasteiger partial charge is 0.478 e. The molecule has 0 bridgehead atoms. The Balaban J connectivity index is 1.47. The summed E-state index contributed by atoms with van der Waals surface area (Å²) in [4.78, 5) is 37.4. The van der Waals surface area contributed by atoms with Gasteiger partial charge in [0, 0.05) is 25.6 Å². The second-order valence-corrected chi connectivity index (χ2v) is 6.93. The molecule has 3 rings (SSSR count). The first kappa shape index (κ1) is 17.5. The van der Waals surface area contributed by atoms with Crippen LogP contribution in [0.15, 0.2) is 24.3 Å². The van der Waals surface area contributed by atoms with Gasteiger partial charge in [0.15, 0.2) is 0 Å². The van der Waals surface area contributed by atoms with Crippen LogP contribution < -0.4 is 5.32 Å². The van der Waals surface area contributed by atoms with E-state index in [-0.39, 0.29) is 23.3 Å². The molecule has 1 aromatic rings. The number of nitrogens with zero attached hydrogens (tertiary/aromatic N) is 1. The topological polar surface area (TPSA) is 86.7 Å². The number of nitrogens with one attached hydrogen (secondary N) is 1. The predicted molar refractivity (Wildman–Crippen MR) is 92.2 cm³/mol. The lowest BCUT2D eigenvalue weighted by atomic mass is 10.1. The van der Waals surface area contributed by atoms with E-state index in [1.54, 1.807) is 18.2 Å². The summed E-state index contributed by atoms with van der Waals surface area (Å²) in [6.45, 7) is 0.972. The van der Waals surface area contributed by atoms with Crippen LogP contribution in [0.4, 0.5) is 0 Å². The van der Waals surface area contributed by atoms with E-state index in [0.29, 0.717) is 32.0 Å². The quantitative estimate of drug-likeness (QED) is 0.824. The van der Waals surface area contributed by atoms with E-state index in [4.69, 9.17) is 5.11 Å². The third kappa shape index (κ3) is 4.18. The number of rotatable bonds is 6. The first-order chi connectivity index (χ1) is 12.0. The molecule has 1 aliphatic heterocycles. The number of hydrogen-bond acceptors (Lipinski definition) is 3. The highest BCUT2D eigenvalue weighted by Gasteiger charge is 2.38. The zero-order chi connectivity index (χ0) is 17.8. The average molecular weight is 344 g/mol. The maximum Gasteiger partial charge on any atom is 0.335 e. The third-order valence-electron chi connectivity index (χ3n) is 5.18. The van der Waals surface area contributed by atoms with E-state index < -0.39 is 5.97 Å². The number of carbonyl (C=O) groups is 3. The van der Waals surface area contributed by atoms with Crippen LogP contribution >= 0.6 is 0 Å². The second kappa shape index (κ2) is 7.68. The van der Waals surface area contributed by atoms with Crippen molar-refractivity contribution in [3.05, 3.63) is 35.4 Å². The number of likely N-dealkylation sites (tertiary alicyclic amines) is 1. The average Bonchev–Trinajstić information content (AvgIpc) is 3.24. The van der Waals surface area contributed by atoms with Gasteiger partial charge in [0.05, 0.1) is 11.5 Å². The van der Waals surface area contributed by atoms with Crippen molar-refractivity contribution in [1.82, 2.24) is 10.2 Å². The maximum atomic E-state index is 12.3. The van der Waals surface area contributed by atoms with Crippen LogP contribution in [0.3, 0.4) is 0 Å². The van der Waals surface area contributed by atoms with Crippen molar-refractivity contribution < 1.29 is 19.5 Å². The smallest absolute Gasteiger partial charge is 0.335 e. The first-order valence-electron chi connectivity index (χ1n) is 8.94. The Bertz CT molecular complexity index is 667. The third-order valence-corrected chi connectivity index (χ3v) is 5.18. The van der Waals surface area contributed by atoms with Gasteiger partial charge in [-0.1, -0.05) is 25.0 Å². The van der Waals surface area contributed by atoms with Gasteiger partial charge in [0.1, 0.15) is 0 Å². The molecule has 1 saturated carbocycles. The SMILES string of the molecule is O=C(O)c1cccc(CCNC(=O)[C@H]2CC(=O)N(C3CCCC3)C2)c1. The van der Waals surface area contributed by atoms with Crippen LogP contribution in [0.1, 0.15) is 48.0 Å². The minimum atomic E-state index is -0.956. The van der Waals surface area contributed by atoms with Crippen LogP contribution in [0.5, 0.6) is 0 Å². The van der Waals surface area contributed by atoms with Gasteiger partial charge >= 0.3 is 5.97 Å². The van der Waals surface area contributed by atoms with Gasteiger partial charge in [0.2, 0.25) is 11.8 Å². The van der Waals surface area contributed by atoms with Crippen molar-refractivity contribution in [2.24, 2.45) is 5.92 Å². The van der Waals surface area contributed by atoms with Gasteiger partial charge in [0.25, 0.3) is 0 Å². The minimum absolute atomic E-state index is 0.0803. The summed E-state index contributed by atoms with van der Waals surface area (Å²) in [6.07, 6.45) is 5.32. The van der Waals surface area contributed by atoms with Gasteiger partial charge in [-0.05, 0) is 37.0 Å². The normalized spacial score (nSPS) is 20.9. The van der Waals surface area contributed by atoms with E-state index in [0.717, 1.165) is 18.4 Å². The highest BCUT2D eigenvalue weighted by atomic mass is 16.4. The summed E-state index contributed by atoms with van der Waals surface area (Å²) < 4.78 is 0. The number of aromatic carboxylic acids is 1. The fraction of sp³-hybridized carbons (Fsp3) is 0.526. The molecule has 2 aliphatic rings. The summed E-state index contributed by atoms with van der Waals surface area (Å²) in [5.41, 5.74) is 1.12. The Morgan fingerprint density at radius 1 is 1.24 bits per heavy atom. The number of benzene rings is 1. The highest BCUT2D eigenvalue weighted by molar-refractivity contribution is 5.89. The van der Waals surface area contributed by atoms with Gasteiger partial charge in [-0.2, -0.15) is 0 Å². The van der Waals surface area contributed by atoms with Gasteiger partial charge in [-0.15, -0.1) is 0 Å². The Morgan fingerprint density at radius 2 is 2.00 bits per heavy atom. The molecule has 1 saturated heterocycles. The molecule has 6 nitrogen and oxygen atoms in total. The molecule has 0 aromatic heterocycles.